The molecule has 0 aromatic rings. The third kappa shape index (κ3) is 32.6. The standard InChI is InChI=1S/C21H42O4.C6H8O2/c1-2-3-4-5-6-7-8-9-10-11-12-13-14-15-16-17-21(24)25-19-20(23)18-22;1-2-3-4-5-6(7)8/h20,22-23H,2-19H2,1H3;2-5H,1H3,(H,7,8)/b;3-2+,5-4+. The number of aliphatic carboxylic acids is 1. The van der Waals surface area contributed by atoms with Crippen molar-refractivity contribution in [1.82, 2.24) is 0 Å². The first-order valence-electron chi connectivity index (χ1n) is 12.9. The lowest BCUT2D eigenvalue weighted by Gasteiger charge is -2.08. The van der Waals surface area contributed by atoms with Crippen LogP contribution in [0.1, 0.15) is 117 Å². The summed E-state index contributed by atoms with van der Waals surface area (Å²) in [5.74, 6) is -1.19. The zero-order chi connectivity index (χ0) is 25.0. The largest absolute Gasteiger partial charge is 0.478 e. The van der Waals surface area contributed by atoms with Gasteiger partial charge in [-0.3, -0.25) is 4.79 Å². The Morgan fingerprint density at radius 2 is 1.24 bits per heavy atom. The van der Waals surface area contributed by atoms with Gasteiger partial charge in [-0.15, -0.1) is 0 Å². The Kier molecular flexibility index (Phi) is 28.8. The van der Waals surface area contributed by atoms with E-state index in [1.54, 1.807) is 12.2 Å². The summed E-state index contributed by atoms with van der Waals surface area (Å²) in [5.41, 5.74) is 0. The summed E-state index contributed by atoms with van der Waals surface area (Å²) < 4.78 is 4.86. The first-order valence-corrected chi connectivity index (χ1v) is 12.9. The Morgan fingerprint density at radius 1 is 0.788 bits per heavy atom. The minimum atomic E-state index is -0.954. The molecule has 1 unspecified atom stereocenters. The van der Waals surface area contributed by atoms with Crippen molar-refractivity contribution in [3.8, 4) is 0 Å². The first-order chi connectivity index (χ1) is 16.0. The quantitative estimate of drug-likeness (QED) is 0.0781. The SMILES string of the molecule is C/C=C/C=C/C(=O)O.CCCCCCCCCCCCCCCCCC(=O)OCC(O)CO. The number of hydrogen-bond donors (Lipinski definition) is 3. The number of carboxylic acid groups (broad SMARTS) is 1. The molecule has 0 aliphatic heterocycles. The van der Waals surface area contributed by atoms with Gasteiger partial charge in [-0.1, -0.05) is 115 Å². The Morgan fingerprint density at radius 3 is 1.64 bits per heavy atom. The Hall–Kier alpha value is -1.66. The second-order valence-corrected chi connectivity index (χ2v) is 8.44. The van der Waals surface area contributed by atoms with Gasteiger partial charge in [0.05, 0.1) is 6.61 Å². The van der Waals surface area contributed by atoms with Crippen molar-refractivity contribution in [3.63, 3.8) is 0 Å². The molecule has 0 bridgehead atoms. The van der Waals surface area contributed by atoms with E-state index in [0.717, 1.165) is 18.9 Å². The number of ether oxygens (including phenoxy) is 1. The van der Waals surface area contributed by atoms with Gasteiger partial charge in [-0.05, 0) is 13.3 Å². The van der Waals surface area contributed by atoms with Gasteiger partial charge in [0.15, 0.2) is 0 Å². The van der Waals surface area contributed by atoms with Gasteiger partial charge < -0.3 is 20.1 Å². The maximum absolute atomic E-state index is 11.4. The van der Waals surface area contributed by atoms with Crippen LogP contribution in [0.15, 0.2) is 24.3 Å². The molecule has 0 aromatic heterocycles. The highest BCUT2D eigenvalue weighted by molar-refractivity contribution is 5.80. The van der Waals surface area contributed by atoms with Crippen LogP contribution in [0.4, 0.5) is 0 Å². The molecule has 194 valence electrons. The van der Waals surface area contributed by atoms with E-state index in [4.69, 9.17) is 20.1 Å². The zero-order valence-electron chi connectivity index (χ0n) is 21.2. The van der Waals surface area contributed by atoms with Gasteiger partial charge in [-0.2, -0.15) is 0 Å². The van der Waals surface area contributed by atoms with E-state index in [2.05, 4.69) is 6.92 Å². The lowest BCUT2D eigenvalue weighted by atomic mass is 10.0. The molecule has 0 radical (unpaired) electrons. The molecule has 0 fully saturated rings. The van der Waals surface area contributed by atoms with Crippen molar-refractivity contribution in [1.29, 1.82) is 0 Å². The molecule has 3 N–H and O–H groups in total. The molecule has 0 aromatic carbocycles. The van der Waals surface area contributed by atoms with Crippen LogP contribution in [0.3, 0.4) is 0 Å². The van der Waals surface area contributed by atoms with Crippen LogP contribution in [-0.2, 0) is 14.3 Å². The summed E-state index contributed by atoms with van der Waals surface area (Å²) in [4.78, 5) is 21.1. The molecule has 0 saturated heterocycles. The van der Waals surface area contributed by atoms with E-state index < -0.39 is 12.1 Å². The number of unbranched alkanes of at least 4 members (excludes halogenated alkanes) is 14. The summed E-state index contributed by atoms with van der Waals surface area (Å²) >= 11 is 0. The number of rotatable bonds is 21. The molecular formula is C27H50O6. The summed E-state index contributed by atoms with van der Waals surface area (Å²) in [6.07, 6.45) is 25.0. The number of hydrogen-bond acceptors (Lipinski definition) is 5. The van der Waals surface area contributed by atoms with Gasteiger partial charge >= 0.3 is 11.9 Å². The monoisotopic (exact) mass is 470 g/mol. The Balaban J connectivity index is 0. The van der Waals surface area contributed by atoms with Crippen LogP contribution in [0.5, 0.6) is 0 Å². The number of aliphatic hydroxyl groups is 2. The number of carbonyl (C=O) groups excluding carboxylic acids is 1. The highest BCUT2D eigenvalue weighted by atomic mass is 16.5. The molecule has 0 aliphatic carbocycles. The van der Waals surface area contributed by atoms with Gasteiger partial charge in [0.1, 0.15) is 12.7 Å². The van der Waals surface area contributed by atoms with Crippen molar-refractivity contribution in [3.05, 3.63) is 24.3 Å². The number of esters is 1. The van der Waals surface area contributed by atoms with Gasteiger partial charge in [0.25, 0.3) is 0 Å². The number of carboxylic acids is 1. The molecule has 6 nitrogen and oxygen atoms in total. The number of aliphatic hydroxyl groups excluding tert-OH is 2. The molecule has 33 heavy (non-hydrogen) atoms. The average Bonchev–Trinajstić information content (AvgIpc) is 2.80. The molecule has 0 aliphatic rings. The minimum absolute atomic E-state index is 0.103. The van der Waals surface area contributed by atoms with Crippen LogP contribution < -0.4 is 0 Å². The summed E-state index contributed by atoms with van der Waals surface area (Å²) in [6, 6.07) is 0. The molecule has 0 spiro atoms. The van der Waals surface area contributed by atoms with Gasteiger partial charge in [0.2, 0.25) is 0 Å². The normalized spacial score (nSPS) is 12.0. The predicted molar refractivity (Wildman–Crippen MR) is 135 cm³/mol. The lowest BCUT2D eigenvalue weighted by Crippen LogP contribution is -2.21. The third-order valence-electron chi connectivity index (χ3n) is 5.17. The highest BCUT2D eigenvalue weighted by Gasteiger charge is 2.07. The number of carbonyl (C=O) groups is 2. The molecule has 0 rings (SSSR count). The topological polar surface area (TPSA) is 104 Å². The lowest BCUT2D eigenvalue weighted by molar-refractivity contribution is -0.147. The van der Waals surface area contributed by atoms with E-state index in [9.17, 15) is 9.59 Å². The van der Waals surface area contributed by atoms with Crippen LogP contribution in [0, 0.1) is 0 Å². The second kappa shape index (κ2) is 28.4. The second-order valence-electron chi connectivity index (χ2n) is 8.44. The molecule has 0 heterocycles. The molecule has 6 heteroatoms. The third-order valence-corrected chi connectivity index (χ3v) is 5.17. The van der Waals surface area contributed by atoms with E-state index >= 15 is 0 Å². The molecule has 0 amide bonds. The van der Waals surface area contributed by atoms with E-state index in [-0.39, 0.29) is 19.2 Å². The first kappa shape index (κ1) is 33.5. The molecular weight excluding hydrogens is 420 g/mol. The van der Waals surface area contributed by atoms with Gasteiger partial charge in [0, 0.05) is 12.5 Å². The average molecular weight is 471 g/mol. The Bertz CT molecular complexity index is 487. The fourth-order valence-corrected chi connectivity index (χ4v) is 3.20. The summed E-state index contributed by atoms with van der Waals surface area (Å²) in [6.45, 7) is 3.62. The van der Waals surface area contributed by atoms with E-state index in [0.29, 0.717) is 6.42 Å². The maximum Gasteiger partial charge on any atom is 0.328 e. The smallest absolute Gasteiger partial charge is 0.328 e. The van der Waals surface area contributed by atoms with Crippen molar-refractivity contribution >= 4 is 11.9 Å². The zero-order valence-corrected chi connectivity index (χ0v) is 21.2. The maximum atomic E-state index is 11.4. The molecule has 0 saturated carbocycles. The minimum Gasteiger partial charge on any atom is -0.478 e. The Labute approximate surface area is 202 Å². The van der Waals surface area contributed by atoms with Crippen molar-refractivity contribution in [2.75, 3.05) is 13.2 Å². The van der Waals surface area contributed by atoms with Crippen LogP contribution in [0.25, 0.3) is 0 Å². The highest BCUT2D eigenvalue weighted by Crippen LogP contribution is 2.13. The fraction of sp³-hybridized carbons (Fsp3) is 0.778. The van der Waals surface area contributed by atoms with E-state index in [1.165, 1.54) is 89.5 Å². The summed E-state index contributed by atoms with van der Waals surface area (Å²) in [5, 5.41) is 25.7. The number of allylic oxidation sites excluding steroid dienone is 3. The van der Waals surface area contributed by atoms with Crippen LogP contribution in [0.2, 0.25) is 0 Å². The predicted octanol–water partition coefficient (Wildman–Crippen LogP) is 6.35. The van der Waals surface area contributed by atoms with Crippen LogP contribution in [-0.4, -0.2) is 46.6 Å². The van der Waals surface area contributed by atoms with E-state index in [1.807, 2.05) is 6.92 Å². The van der Waals surface area contributed by atoms with Gasteiger partial charge in [-0.25, -0.2) is 4.79 Å². The van der Waals surface area contributed by atoms with Crippen LogP contribution >= 0.6 is 0 Å². The van der Waals surface area contributed by atoms with Crippen molar-refractivity contribution in [2.45, 2.75) is 123 Å². The van der Waals surface area contributed by atoms with Crippen molar-refractivity contribution < 1.29 is 29.6 Å². The molecule has 1 atom stereocenters. The van der Waals surface area contributed by atoms with Crippen molar-refractivity contribution in [2.24, 2.45) is 0 Å². The fourth-order valence-electron chi connectivity index (χ4n) is 3.20. The summed E-state index contributed by atoms with van der Waals surface area (Å²) in [7, 11) is 0.